The molecule has 2 amide bonds. The molecule has 2 aliphatic heterocycles. The molecule has 0 saturated carbocycles. The van der Waals surface area contributed by atoms with E-state index < -0.39 is 0 Å². The molecule has 8 heteroatoms. The molecule has 8 nitrogen and oxygen atoms in total. The Labute approximate surface area is 176 Å². The Balaban J connectivity index is 1.26. The summed E-state index contributed by atoms with van der Waals surface area (Å²) in [7, 11) is 0. The Kier molecular flexibility index (Phi) is 6.53. The minimum absolute atomic E-state index is 0.0152. The number of carbonyl (C=O) groups excluding carboxylic acids is 2. The van der Waals surface area contributed by atoms with Crippen molar-refractivity contribution in [1.29, 1.82) is 0 Å². The number of nitrogens with one attached hydrogen (secondary N) is 2. The molecule has 2 saturated heterocycles. The van der Waals surface area contributed by atoms with Crippen LogP contribution in [0.5, 0.6) is 0 Å². The third kappa shape index (κ3) is 5.13. The van der Waals surface area contributed by atoms with Crippen molar-refractivity contribution in [2.75, 3.05) is 37.7 Å². The number of anilines is 1. The van der Waals surface area contributed by atoms with Gasteiger partial charge in [0.25, 0.3) is 5.91 Å². The van der Waals surface area contributed by atoms with Crippen LogP contribution < -0.4 is 15.5 Å². The van der Waals surface area contributed by atoms with Crippen LogP contribution in [0.2, 0.25) is 0 Å². The van der Waals surface area contributed by atoms with E-state index >= 15 is 0 Å². The van der Waals surface area contributed by atoms with Crippen molar-refractivity contribution in [1.82, 2.24) is 20.6 Å². The second kappa shape index (κ2) is 9.67. The maximum atomic E-state index is 12.3. The van der Waals surface area contributed by atoms with Crippen molar-refractivity contribution in [3.8, 4) is 0 Å². The molecule has 3 heterocycles. The van der Waals surface area contributed by atoms with E-state index in [-0.39, 0.29) is 24.4 Å². The Bertz CT molecular complexity index is 870. The number of carbonyl (C=O) groups is 2. The lowest BCUT2D eigenvalue weighted by atomic mass is 9.96. The van der Waals surface area contributed by atoms with Crippen molar-refractivity contribution in [2.24, 2.45) is 0 Å². The van der Waals surface area contributed by atoms with Gasteiger partial charge in [-0.05, 0) is 37.5 Å². The Morgan fingerprint density at radius 2 is 1.90 bits per heavy atom. The van der Waals surface area contributed by atoms with Gasteiger partial charge in [-0.25, -0.2) is 9.97 Å². The van der Waals surface area contributed by atoms with Gasteiger partial charge in [0.15, 0.2) is 0 Å². The van der Waals surface area contributed by atoms with Gasteiger partial charge in [0, 0.05) is 55.7 Å². The van der Waals surface area contributed by atoms with Crippen molar-refractivity contribution < 1.29 is 14.3 Å². The number of benzene rings is 1. The van der Waals surface area contributed by atoms with Crippen LogP contribution in [0.1, 0.15) is 41.2 Å². The molecule has 158 valence electrons. The molecule has 0 bridgehead atoms. The lowest BCUT2D eigenvalue weighted by Gasteiger charge is -2.23. The average molecular weight is 409 g/mol. The maximum Gasteiger partial charge on any atom is 0.251 e. The van der Waals surface area contributed by atoms with Crippen LogP contribution in [0, 0.1) is 0 Å². The van der Waals surface area contributed by atoms with Crippen molar-refractivity contribution in [2.45, 2.75) is 31.2 Å². The van der Waals surface area contributed by atoms with Gasteiger partial charge in [0.1, 0.15) is 0 Å². The van der Waals surface area contributed by atoms with Gasteiger partial charge in [-0.15, -0.1) is 0 Å². The quantitative estimate of drug-likeness (QED) is 0.751. The summed E-state index contributed by atoms with van der Waals surface area (Å²) in [5, 5.41) is 5.66. The number of ether oxygens (including phenoxy) is 1. The highest BCUT2D eigenvalue weighted by Gasteiger charge is 2.26. The van der Waals surface area contributed by atoms with Crippen LogP contribution in [-0.4, -0.2) is 60.7 Å². The van der Waals surface area contributed by atoms with Crippen LogP contribution in [0.3, 0.4) is 0 Å². The van der Waals surface area contributed by atoms with Crippen molar-refractivity contribution in [3.05, 3.63) is 53.9 Å². The zero-order valence-corrected chi connectivity index (χ0v) is 16.9. The van der Waals surface area contributed by atoms with E-state index in [1.807, 2.05) is 18.3 Å². The summed E-state index contributed by atoms with van der Waals surface area (Å²) in [5.41, 5.74) is 1.61. The highest BCUT2D eigenvalue weighted by molar-refractivity contribution is 5.96. The largest absolute Gasteiger partial charge is 0.381 e. The number of aromatic nitrogens is 2. The third-order valence-electron chi connectivity index (χ3n) is 5.59. The predicted octanol–water partition coefficient (Wildman–Crippen LogP) is 1.50. The Morgan fingerprint density at radius 3 is 2.70 bits per heavy atom. The molecule has 0 aliphatic carbocycles. The van der Waals surface area contributed by atoms with Gasteiger partial charge < -0.3 is 20.3 Å². The summed E-state index contributed by atoms with van der Waals surface area (Å²) in [6, 6.07) is 10.9. The molecule has 2 aliphatic rings. The molecule has 2 aromatic rings. The smallest absolute Gasteiger partial charge is 0.251 e. The second-order valence-corrected chi connectivity index (χ2v) is 7.72. The molecule has 2 fully saturated rings. The van der Waals surface area contributed by atoms with E-state index in [9.17, 15) is 9.59 Å². The van der Waals surface area contributed by atoms with Gasteiger partial charge in [0.05, 0.1) is 6.54 Å². The van der Waals surface area contributed by atoms with E-state index in [0.29, 0.717) is 24.0 Å². The summed E-state index contributed by atoms with van der Waals surface area (Å²) in [4.78, 5) is 35.6. The monoisotopic (exact) mass is 409 g/mol. The van der Waals surface area contributed by atoms with E-state index in [0.717, 1.165) is 44.7 Å². The number of hydrogen-bond acceptors (Lipinski definition) is 6. The SMILES string of the molecule is O=C(CNC(=O)c1ccccc1)NC1CCN(c2nccc(C3CCOCC3)n2)C1. The molecule has 0 spiro atoms. The predicted molar refractivity (Wildman–Crippen MR) is 112 cm³/mol. The summed E-state index contributed by atoms with van der Waals surface area (Å²) in [6.07, 6.45) is 4.62. The van der Waals surface area contributed by atoms with E-state index in [4.69, 9.17) is 9.72 Å². The topological polar surface area (TPSA) is 96.5 Å². The first-order valence-corrected chi connectivity index (χ1v) is 10.5. The van der Waals surface area contributed by atoms with Gasteiger partial charge in [-0.1, -0.05) is 18.2 Å². The first-order valence-electron chi connectivity index (χ1n) is 10.5. The van der Waals surface area contributed by atoms with Crippen LogP contribution in [0.4, 0.5) is 5.95 Å². The highest BCUT2D eigenvalue weighted by Crippen LogP contribution is 2.26. The molecule has 4 rings (SSSR count). The standard InChI is InChI=1S/C22H27N5O3/c28-20(14-24-21(29)17-4-2-1-3-5-17)25-18-7-11-27(15-18)22-23-10-6-19(26-22)16-8-12-30-13-9-16/h1-6,10,16,18H,7-9,11-15H2,(H,24,29)(H,25,28). The molecular formula is C22H27N5O3. The molecule has 2 N–H and O–H groups in total. The van der Waals surface area contributed by atoms with E-state index in [1.165, 1.54) is 0 Å². The van der Waals surface area contributed by atoms with Gasteiger partial charge in [-0.2, -0.15) is 0 Å². The van der Waals surface area contributed by atoms with Gasteiger partial charge >= 0.3 is 0 Å². The molecule has 30 heavy (non-hydrogen) atoms. The molecule has 1 aromatic heterocycles. The van der Waals surface area contributed by atoms with E-state index in [1.54, 1.807) is 24.3 Å². The summed E-state index contributed by atoms with van der Waals surface area (Å²) >= 11 is 0. The zero-order valence-electron chi connectivity index (χ0n) is 16.9. The summed E-state index contributed by atoms with van der Waals surface area (Å²) in [6.45, 7) is 2.97. The Hall–Kier alpha value is -3.00. The van der Waals surface area contributed by atoms with Crippen LogP contribution in [0.25, 0.3) is 0 Å². The number of rotatable bonds is 6. The van der Waals surface area contributed by atoms with Gasteiger partial charge in [-0.3, -0.25) is 9.59 Å². The molecule has 1 unspecified atom stereocenters. The van der Waals surface area contributed by atoms with E-state index in [2.05, 4.69) is 20.5 Å². The number of nitrogens with zero attached hydrogens (tertiary/aromatic N) is 3. The fourth-order valence-corrected chi connectivity index (χ4v) is 3.93. The number of hydrogen-bond donors (Lipinski definition) is 2. The first-order chi connectivity index (χ1) is 14.7. The minimum atomic E-state index is -0.253. The highest BCUT2D eigenvalue weighted by atomic mass is 16.5. The second-order valence-electron chi connectivity index (χ2n) is 7.72. The molecule has 1 atom stereocenters. The Morgan fingerprint density at radius 1 is 1.10 bits per heavy atom. The number of amides is 2. The third-order valence-corrected chi connectivity index (χ3v) is 5.59. The van der Waals surface area contributed by atoms with Crippen LogP contribution >= 0.6 is 0 Å². The lowest BCUT2D eigenvalue weighted by molar-refractivity contribution is -0.120. The molecular weight excluding hydrogens is 382 g/mol. The summed E-state index contributed by atoms with van der Waals surface area (Å²) in [5.74, 6) is 0.695. The van der Waals surface area contributed by atoms with Crippen LogP contribution in [-0.2, 0) is 9.53 Å². The normalized spacial score (nSPS) is 19.5. The fraction of sp³-hybridized carbons (Fsp3) is 0.455. The van der Waals surface area contributed by atoms with Gasteiger partial charge in [0.2, 0.25) is 11.9 Å². The molecule has 0 radical (unpaired) electrons. The van der Waals surface area contributed by atoms with Crippen LogP contribution in [0.15, 0.2) is 42.6 Å². The maximum absolute atomic E-state index is 12.3. The zero-order chi connectivity index (χ0) is 20.8. The summed E-state index contributed by atoms with van der Waals surface area (Å²) < 4.78 is 5.44. The van der Waals surface area contributed by atoms with Crippen molar-refractivity contribution >= 4 is 17.8 Å². The molecule has 1 aromatic carbocycles. The minimum Gasteiger partial charge on any atom is -0.381 e. The van der Waals surface area contributed by atoms with Crippen molar-refractivity contribution in [3.63, 3.8) is 0 Å². The lowest BCUT2D eigenvalue weighted by Crippen LogP contribution is -2.43. The fourth-order valence-electron chi connectivity index (χ4n) is 3.93. The average Bonchev–Trinajstić information content (AvgIpc) is 3.27. The first kappa shape index (κ1) is 20.3.